The third-order valence-electron chi connectivity index (χ3n) is 4.59. The lowest BCUT2D eigenvalue weighted by molar-refractivity contribution is 0.261. The summed E-state index contributed by atoms with van der Waals surface area (Å²) >= 11 is 0. The van der Waals surface area contributed by atoms with E-state index in [2.05, 4.69) is 58.9 Å². The van der Waals surface area contributed by atoms with Gasteiger partial charge in [-0.3, -0.25) is 9.89 Å². The standard InChI is InChI=1S/C19H28N4.HI/c1-2-20-19(22-18-9-5-6-10-18)21-12-14-23-13-11-16-7-3-4-8-17(16)15-23;/h3-8,18H,2,9-15H2,1H3,(H2,20,21,22);1H. The zero-order valence-electron chi connectivity index (χ0n) is 14.5. The quantitative estimate of drug-likeness (QED) is 0.320. The van der Waals surface area contributed by atoms with Crippen molar-refractivity contribution in [3.8, 4) is 0 Å². The molecule has 4 nitrogen and oxygen atoms in total. The van der Waals surface area contributed by atoms with E-state index < -0.39 is 0 Å². The van der Waals surface area contributed by atoms with E-state index in [1.165, 1.54) is 11.1 Å². The summed E-state index contributed by atoms with van der Waals surface area (Å²) in [5, 5.41) is 6.88. The molecule has 1 aromatic carbocycles. The second-order valence-corrected chi connectivity index (χ2v) is 6.34. The number of guanidine groups is 1. The second kappa shape index (κ2) is 10.0. The highest BCUT2D eigenvalue weighted by atomic mass is 127. The van der Waals surface area contributed by atoms with Gasteiger partial charge in [-0.1, -0.05) is 36.4 Å². The molecule has 0 atom stereocenters. The molecule has 0 fully saturated rings. The van der Waals surface area contributed by atoms with Gasteiger partial charge >= 0.3 is 0 Å². The number of nitrogens with one attached hydrogen (secondary N) is 2. The van der Waals surface area contributed by atoms with Gasteiger partial charge in [-0.25, -0.2) is 0 Å². The van der Waals surface area contributed by atoms with Gasteiger partial charge in [-0.2, -0.15) is 0 Å². The van der Waals surface area contributed by atoms with Gasteiger partial charge < -0.3 is 10.6 Å². The number of fused-ring (bicyclic) bond motifs is 1. The van der Waals surface area contributed by atoms with E-state index in [1.54, 1.807) is 0 Å². The molecular formula is C19H29IN4. The Morgan fingerprint density at radius 1 is 1.21 bits per heavy atom. The fourth-order valence-corrected chi connectivity index (χ4v) is 3.30. The first-order valence-electron chi connectivity index (χ1n) is 8.84. The summed E-state index contributed by atoms with van der Waals surface area (Å²) in [4.78, 5) is 7.26. The second-order valence-electron chi connectivity index (χ2n) is 6.34. The monoisotopic (exact) mass is 440 g/mol. The molecule has 3 rings (SSSR count). The van der Waals surface area contributed by atoms with Crippen molar-refractivity contribution in [1.29, 1.82) is 0 Å². The molecule has 24 heavy (non-hydrogen) atoms. The van der Waals surface area contributed by atoms with Crippen LogP contribution >= 0.6 is 24.0 Å². The Morgan fingerprint density at radius 2 is 1.96 bits per heavy atom. The predicted molar refractivity (Wildman–Crippen MR) is 112 cm³/mol. The zero-order chi connectivity index (χ0) is 15.9. The Labute approximate surface area is 162 Å². The van der Waals surface area contributed by atoms with Gasteiger partial charge in [0.15, 0.2) is 5.96 Å². The van der Waals surface area contributed by atoms with Gasteiger partial charge in [0.2, 0.25) is 0 Å². The molecule has 2 N–H and O–H groups in total. The van der Waals surface area contributed by atoms with Crippen LogP contribution in [0, 0.1) is 0 Å². The van der Waals surface area contributed by atoms with Crippen LogP contribution in [0.2, 0.25) is 0 Å². The normalized spacial score (nSPS) is 18.1. The molecule has 0 bridgehead atoms. The van der Waals surface area contributed by atoms with Crippen LogP contribution in [0.5, 0.6) is 0 Å². The summed E-state index contributed by atoms with van der Waals surface area (Å²) in [5.41, 5.74) is 2.99. The Morgan fingerprint density at radius 3 is 2.71 bits per heavy atom. The largest absolute Gasteiger partial charge is 0.357 e. The Kier molecular flexibility index (Phi) is 8.05. The van der Waals surface area contributed by atoms with Crippen LogP contribution in [0.3, 0.4) is 0 Å². The Hall–Kier alpha value is -1.08. The van der Waals surface area contributed by atoms with Crippen LogP contribution in [0.4, 0.5) is 0 Å². The molecule has 132 valence electrons. The summed E-state index contributed by atoms with van der Waals surface area (Å²) in [5.74, 6) is 0.957. The summed E-state index contributed by atoms with van der Waals surface area (Å²) in [6.07, 6.45) is 7.85. The van der Waals surface area contributed by atoms with E-state index in [0.29, 0.717) is 6.04 Å². The maximum absolute atomic E-state index is 4.75. The molecule has 0 spiro atoms. The average molecular weight is 440 g/mol. The molecule has 5 heteroatoms. The molecule has 0 unspecified atom stereocenters. The fraction of sp³-hybridized carbons (Fsp3) is 0.526. The van der Waals surface area contributed by atoms with Crippen LogP contribution < -0.4 is 10.6 Å². The van der Waals surface area contributed by atoms with E-state index in [4.69, 9.17) is 4.99 Å². The minimum Gasteiger partial charge on any atom is -0.357 e. The summed E-state index contributed by atoms with van der Waals surface area (Å²) < 4.78 is 0. The number of halogens is 1. The molecule has 0 saturated heterocycles. The van der Waals surface area contributed by atoms with Crippen molar-refractivity contribution in [2.45, 2.75) is 38.8 Å². The Balaban J connectivity index is 0.00000208. The van der Waals surface area contributed by atoms with Crippen LogP contribution in [-0.4, -0.2) is 43.1 Å². The highest BCUT2D eigenvalue weighted by Gasteiger charge is 2.15. The Bertz CT molecular complexity index is 562. The predicted octanol–water partition coefficient (Wildman–Crippen LogP) is 2.94. The van der Waals surface area contributed by atoms with E-state index in [-0.39, 0.29) is 24.0 Å². The third-order valence-corrected chi connectivity index (χ3v) is 4.59. The maximum atomic E-state index is 4.75. The van der Waals surface area contributed by atoms with E-state index in [0.717, 1.165) is 57.9 Å². The van der Waals surface area contributed by atoms with Crippen molar-refractivity contribution in [1.82, 2.24) is 15.5 Å². The minimum atomic E-state index is 0. The SMILES string of the molecule is CCNC(=NCCN1CCc2ccccc2C1)NC1CC=CC1.I. The molecule has 2 aliphatic rings. The van der Waals surface area contributed by atoms with Gasteiger partial charge in [0.25, 0.3) is 0 Å². The summed E-state index contributed by atoms with van der Waals surface area (Å²) in [6.45, 7) is 7.09. The number of rotatable bonds is 5. The lowest BCUT2D eigenvalue weighted by atomic mass is 10.00. The molecule has 0 radical (unpaired) electrons. The van der Waals surface area contributed by atoms with E-state index in [1.807, 2.05) is 0 Å². The van der Waals surface area contributed by atoms with Gasteiger partial charge in [0, 0.05) is 32.2 Å². The van der Waals surface area contributed by atoms with Crippen LogP contribution in [0.25, 0.3) is 0 Å². The smallest absolute Gasteiger partial charge is 0.191 e. The molecule has 0 aromatic heterocycles. The van der Waals surface area contributed by atoms with Crippen molar-refractivity contribution < 1.29 is 0 Å². The van der Waals surface area contributed by atoms with Gasteiger partial charge in [-0.05, 0) is 37.3 Å². The number of nitrogens with zero attached hydrogens (tertiary/aromatic N) is 2. The lowest BCUT2D eigenvalue weighted by Crippen LogP contribution is -2.43. The first-order valence-corrected chi connectivity index (χ1v) is 8.84. The number of benzene rings is 1. The van der Waals surface area contributed by atoms with Crippen molar-refractivity contribution in [3.05, 3.63) is 47.5 Å². The molecule has 0 saturated carbocycles. The molecule has 0 amide bonds. The number of hydrogen-bond donors (Lipinski definition) is 2. The molecular weight excluding hydrogens is 411 g/mol. The summed E-state index contributed by atoms with van der Waals surface area (Å²) in [7, 11) is 0. The topological polar surface area (TPSA) is 39.7 Å². The van der Waals surface area contributed by atoms with Gasteiger partial charge in [0.1, 0.15) is 0 Å². The van der Waals surface area contributed by atoms with E-state index in [9.17, 15) is 0 Å². The van der Waals surface area contributed by atoms with Crippen LogP contribution in [0.1, 0.15) is 30.9 Å². The molecule has 1 aliphatic heterocycles. The summed E-state index contributed by atoms with van der Waals surface area (Å²) in [6, 6.07) is 9.31. The highest BCUT2D eigenvalue weighted by molar-refractivity contribution is 14.0. The van der Waals surface area contributed by atoms with Crippen molar-refractivity contribution in [3.63, 3.8) is 0 Å². The van der Waals surface area contributed by atoms with Crippen molar-refractivity contribution >= 4 is 29.9 Å². The van der Waals surface area contributed by atoms with Crippen molar-refractivity contribution in [2.24, 2.45) is 4.99 Å². The zero-order valence-corrected chi connectivity index (χ0v) is 16.8. The third kappa shape index (κ3) is 5.48. The molecule has 1 aromatic rings. The average Bonchev–Trinajstić information content (AvgIpc) is 3.08. The number of aliphatic imine (C=N–C) groups is 1. The lowest BCUT2D eigenvalue weighted by Gasteiger charge is -2.28. The molecule has 1 aliphatic carbocycles. The molecule has 1 heterocycles. The van der Waals surface area contributed by atoms with Crippen molar-refractivity contribution in [2.75, 3.05) is 26.2 Å². The first-order chi connectivity index (χ1) is 11.3. The number of hydrogen-bond acceptors (Lipinski definition) is 2. The highest BCUT2D eigenvalue weighted by Crippen LogP contribution is 2.17. The van der Waals surface area contributed by atoms with Crippen LogP contribution in [0.15, 0.2) is 41.4 Å². The maximum Gasteiger partial charge on any atom is 0.191 e. The first kappa shape index (κ1) is 19.2. The van der Waals surface area contributed by atoms with Crippen LogP contribution in [-0.2, 0) is 13.0 Å². The fourth-order valence-electron chi connectivity index (χ4n) is 3.30. The van der Waals surface area contributed by atoms with E-state index >= 15 is 0 Å². The minimum absolute atomic E-state index is 0. The van der Waals surface area contributed by atoms with Gasteiger partial charge in [-0.15, -0.1) is 24.0 Å². The van der Waals surface area contributed by atoms with Gasteiger partial charge in [0.05, 0.1) is 6.54 Å².